The number of carbonyl (C=O) groups excluding carboxylic acids is 2. The maximum Gasteiger partial charge on any atom is 0.325 e. The molecule has 0 radical (unpaired) electrons. The highest BCUT2D eigenvalue weighted by Crippen LogP contribution is 2.35. The first kappa shape index (κ1) is 18.4. The summed E-state index contributed by atoms with van der Waals surface area (Å²) in [5.74, 6) is 2.28. The van der Waals surface area contributed by atoms with Crippen LogP contribution >= 0.6 is 0 Å². The molecule has 30 heavy (non-hydrogen) atoms. The van der Waals surface area contributed by atoms with Crippen molar-refractivity contribution < 1.29 is 28.5 Å². The third kappa shape index (κ3) is 3.54. The molecule has 3 amide bonds. The predicted octanol–water partition coefficient (Wildman–Crippen LogP) is 2.11. The Morgan fingerprint density at radius 1 is 0.833 bits per heavy atom. The molecule has 2 aromatic carbocycles. The number of nitrogens with zero attached hydrogens (tertiary/aromatic N) is 2. The number of ether oxygens (including phenoxy) is 4. The summed E-state index contributed by atoms with van der Waals surface area (Å²) in [5, 5.41) is 2.81. The summed E-state index contributed by atoms with van der Waals surface area (Å²) in [6.07, 6.45) is 0. The number of carbonyl (C=O) groups is 2. The quantitative estimate of drug-likeness (QED) is 0.829. The van der Waals surface area contributed by atoms with Crippen LogP contribution in [0.15, 0.2) is 36.4 Å². The molecule has 9 nitrogen and oxygen atoms in total. The summed E-state index contributed by atoms with van der Waals surface area (Å²) in [7, 11) is 0. The van der Waals surface area contributed by atoms with Crippen molar-refractivity contribution in [2.75, 3.05) is 56.3 Å². The monoisotopic (exact) mass is 411 g/mol. The van der Waals surface area contributed by atoms with Gasteiger partial charge in [-0.2, -0.15) is 0 Å². The van der Waals surface area contributed by atoms with Crippen LogP contribution in [0.5, 0.6) is 23.0 Å². The van der Waals surface area contributed by atoms with Crippen molar-refractivity contribution in [1.82, 2.24) is 4.90 Å². The summed E-state index contributed by atoms with van der Waals surface area (Å²) in [6, 6.07) is 10.4. The molecule has 3 aliphatic heterocycles. The molecule has 5 rings (SSSR count). The molecule has 0 atom stereocenters. The lowest BCUT2D eigenvalue weighted by Crippen LogP contribution is -2.37. The number of hydrogen-bond donors (Lipinski definition) is 1. The normalized spacial score (nSPS) is 17.1. The van der Waals surface area contributed by atoms with Gasteiger partial charge in [0.05, 0.1) is 0 Å². The van der Waals surface area contributed by atoms with Crippen LogP contribution in [0.1, 0.15) is 0 Å². The minimum atomic E-state index is -0.274. The second-order valence-corrected chi connectivity index (χ2v) is 7.09. The molecule has 0 saturated carbocycles. The minimum absolute atomic E-state index is 0.0334. The van der Waals surface area contributed by atoms with Crippen molar-refractivity contribution in [1.29, 1.82) is 0 Å². The minimum Gasteiger partial charge on any atom is -0.486 e. The molecule has 0 aliphatic carbocycles. The zero-order valence-corrected chi connectivity index (χ0v) is 16.3. The van der Waals surface area contributed by atoms with Gasteiger partial charge in [-0.15, -0.1) is 0 Å². The highest BCUT2D eigenvalue weighted by atomic mass is 16.6. The van der Waals surface area contributed by atoms with Crippen molar-refractivity contribution in [2.24, 2.45) is 0 Å². The van der Waals surface area contributed by atoms with E-state index in [9.17, 15) is 9.59 Å². The summed E-state index contributed by atoms with van der Waals surface area (Å²) < 4.78 is 22.1. The zero-order chi connectivity index (χ0) is 20.5. The smallest absolute Gasteiger partial charge is 0.325 e. The molecule has 1 N–H and O–H groups in total. The molecule has 156 valence electrons. The van der Waals surface area contributed by atoms with Gasteiger partial charge in [-0.3, -0.25) is 9.69 Å². The summed E-state index contributed by atoms with van der Waals surface area (Å²) in [5.41, 5.74) is 1.32. The Morgan fingerprint density at radius 3 is 2.20 bits per heavy atom. The maximum absolute atomic E-state index is 12.8. The van der Waals surface area contributed by atoms with E-state index in [2.05, 4.69) is 5.32 Å². The van der Waals surface area contributed by atoms with Gasteiger partial charge in [0, 0.05) is 36.6 Å². The summed E-state index contributed by atoms with van der Waals surface area (Å²) in [4.78, 5) is 28.5. The van der Waals surface area contributed by atoms with Crippen LogP contribution in [0.4, 0.5) is 16.2 Å². The third-order valence-corrected chi connectivity index (χ3v) is 5.09. The summed E-state index contributed by atoms with van der Waals surface area (Å²) in [6.45, 7) is 2.90. The Balaban J connectivity index is 1.22. The standard InChI is InChI=1S/C21H21N3O6/c25-20(22-14-1-3-16-18(11-14)29-9-7-27-16)13-23-5-6-24(21(23)26)15-2-4-17-19(12-15)30-10-8-28-17/h1-4,11-12H,5-10,13H2,(H,22,25). The van der Waals surface area contributed by atoms with Gasteiger partial charge in [0.25, 0.3) is 0 Å². The molecule has 2 aromatic rings. The SMILES string of the molecule is O=C(CN1CCN(c2ccc3c(c2)OCCO3)C1=O)Nc1ccc2c(c1)OCCO2. The molecule has 0 unspecified atom stereocenters. The van der Waals surface area contributed by atoms with Crippen LogP contribution in [0.2, 0.25) is 0 Å². The topological polar surface area (TPSA) is 89.6 Å². The second-order valence-electron chi connectivity index (χ2n) is 7.09. The van der Waals surface area contributed by atoms with Crippen LogP contribution in [-0.4, -0.2) is 62.9 Å². The first-order valence-corrected chi connectivity index (χ1v) is 9.83. The first-order valence-electron chi connectivity index (χ1n) is 9.83. The fourth-order valence-electron chi connectivity index (χ4n) is 3.66. The number of hydrogen-bond acceptors (Lipinski definition) is 6. The van der Waals surface area contributed by atoms with E-state index in [1.807, 2.05) is 6.07 Å². The molecule has 3 aliphatic rings. The largest absolute Gasteiger partial charge is 0.486 e. The molecule has 3 heterocycles. The highest BCUT2D eigenvalue weighted by molar-refractivity contribution is 5.99. The highest BCUT2D eigenvalue weighted by Gasteiger charge is 2.31. The maximum atomic E-state index is 12.8. The molecular weight excluding hydrogens is 390 g/mol. The number of nitrogens with one attached hydrogen (secondary N) is 1. The average molecular weight is 411 g/mol. The van der Waals surface area contributed by atoms with Gasteiger partial charge in [0.15, 0.2) is 23.0 Å². The lowest BCUT2D eigenvalue weighted by atomic mass is 10.2. The van der Waals surface area contributed by atoms with E-state index in [1.165, 1.54) is 4.90 Å². The summed E-state index contributed by atoms with van der Waals surface area (Å²) >= 11 is 0. The van der Waals surface area contributed by atoms with Crippen molar-refractivity contribution in [3.63, 3.8) is 0 Å². The van der Waals surface area contributed by atoms with E-state index in [0.29, 0.717) is 68.2 Å². The molecule has 0 aromatic heterocycles. The van der Waals surface area contributed by atoms with Crippen molar-refractivity contribution >= 4 is 23.3 Å². The molecule has 1 fully saturated rings. The molecule has 9 heteroatoms. The van der Waals surface area contributed by atoms with Crippen molar-refractivity contribution in [3.8, 4) is 23.0 Å². The van der Waals surface area contributed by atoms with Gasteiger partial charge in [-0.25, -0.2) is 4.79 Å². The van der Waals surface area contributed by atoms with E-state index in [0.717, 1.165) is 5.69 Å². The van der Waals surface area contributed by atoms with Crippen LogP contribution < -0.4 is 29.2 Å². The molecular formula is C21H21N3O6. The van der Waals surface area contributed by atoms with Gasteiger partial charge in [-0.05, 0) is 24.3 Å². The van der Waals surface area contributed by atoms with E-state index in [4.69, 9.17) is 18.9 Å². The number of amides is 3. The number of benzene rings is 2. The van der Waals surface area contributed by atoms with Crippen LogP contribution in [-0.2, 0) is 4.79 Å². The Labute approximate surface area is 173 Å². The van der Waals surface area contributed by atoms with Gasteiger partial charge in [0.2, 0.25) is 5.91 Å². The van der Waals surface area contributed by atoms with Gasteiger partial charge in [0.1, 0.15) is 33.0 Å². The number of fused-ring (bicyclic) bond motifs is 2. The Bertz CT molecular complexity index is 995. The number of rotatable bonds is 4. The number of urea groups is 1. The Hall–Kier alpha value is -3.62. The third-order valence-electron chi connectivity index (χ3n) is 5.09. The van der Waals surface area contributed by atoms with E-state index in [1.54, 1.807) is 35.2 Å². The van der Waals surface area contributed by atoms with Gasteiger partial charge >= 0.3 is 6.03 Å². The molecule has 0 bridgehead atoms. The van der Waals surface area contributed by atoms with Crippen LogP contribution in [0.3, 0.4) is 0 Å². The second kappa shape index (κ2) is 7.66. The molecule has 1 saturated heterocycles. The Kier molecular flexibility index (Phi) is 4.70. The van der Waals surface area contributed by atoms with Crippen molar-refractivity contribution in [2.45, 2.75) is 0 Å². The van der Waals surface area contributed by atoms with E-state index in [-0.39, 0.29) is 18.5 Å². The van der Waals surface area contributed by atoms with Gasteiger partial charge < -0.3 is 29.2 Å². The lowest BCUT2D eigenvalue weighted by Gasteiger charge is -2.22. The molecule has 0 spiro atoms. The predicted molar refractivity (Wildman–Crippen MR) is 108 cm³/mol. The van der Waals surface area contributed by atoms with E-state index < -0.39 is 0 Å². The first-order chi connectivity index (χ1) is 14.7. The average Bonchev–Trinajstić information content (AvgIpc) is 3.13. The lowest BCUT2D eigenvalue weighted by molar-refractivity contribution is -0.116. The number of anilines is 2. The Morgan fingerprint density at radius 2 is 1.47 bits per heavy atom. The van der Waals surface area contributed by atoms with E-state index >= 15 is 0 Å². The fraction of sp³-hybridized carbons (Fsp3) is 0.333. The van der Waals surface area contributed by atoms with Crippen LogP contribution in [0, 0.1) is 0 Å². The zero-order valence-electron chi connectivity index (χ0n) is 16.3. The van der Waals surface area contributed by atoms with Crippen molar-refractivity contribution in [3.05, 3.63) is 36.4 Å². The fourth-order valence-corrected chi connectivity index (χ4v) is 3.66. The van der Waals surface area contributed by atoms with Gasteiger partial charge in [-0.1, -0.05) is 0 Å². The van der Waals surface area contributed by atoms with Crippen LogP contribution in [0.25, 0.3) is 0 Å².